The lowest BCUT2D eigenvalue weighted by molar-refractivity contribution is 0.221. The van der Waals surface area contributed by atoms with Gasteiger partial charge in [-0.3, -0.25) is 0 Å². The van der Waals surface area contributed by atoms with Crippen molar-refractivity contribution in [2.24, 2.45) is 5.92 Å². The fourth-order valence-electron chi connectivity index (χ4n) is 2.82. The van der Waals surface area contributed by atoms with Crippen molar-refractivity contribution in [1.29, 1.82) is 0 Å². The quantitative estimate of drug-likeness (QED) is 0.646. The lowest BCUT2D eigenvalue weighted by Gasteiger charge is -2.45. The van der Waals surface area contributed by atoms with Gasteiger partial charge in [0.05, 0.1) is 0 Å². The van der Waals surface area contributed by atoms with Crippen LogP contribution in [0, 0.1) is 5.92 Å². The number of hydrogen-bond donors (Lipinski definition) is 1. The lowest BCUT2D eigenvalue weighted by Crippen LogP contribution is -2.56. The molecule has 0 aliphatic carbocycles. The first-order valence-corrected chi connectivity index (χ1v) is 6.11. The van der Waals surface area contributed by atoms with Gasteiger partial charge in [-0.05, 0) is 53.4 Å². The molecule has 0 aromatic rings. The maximum absolute atomic E-state index is 3.72. The highest BCUT2D eigenvalue weighted by Gasteiger charge is 2.35. The molecule has 1 nitrogen and oxygen atoms in total. The van der Waals surface area contributed by atoms with Gasteiger partial charge in [-0.1, -0.05) is 25.0 Å². The second-order valence-electron chi connectivity index (χ2n) is 6.69. The normalized spacial score (nSPS) is 24.4. The van der Waals surface area contributed by atoms with Gasteiger partial charge in [0.2, 0.25) is 0 Å². The van der Waals surface area contributed by atoms with Crippen LogP contribution in [-0.2, 0) is 0 Å². The summed E-state index contributed by atoms with van der Waals surface area (Å²) in [5, 5.41) is 3.72. The van der Waals surface area contributed by atoms with E-state index in [9.17, 15) is 0 Å². The minimum absolute atomic E-state index is 0.243. The first-order valence-electron chi connectivity index (χ1n) is 6.11. The molecule has 15 heavy (non-hydrogen) atoms. The summed E-state index contributed by atoms with van der Waals surface area (Å²) in [5.41, 5.74) is 3.75. The molecule has 1 rings (SSSR count). The van der Waals surface area contributed by atoms with Crippen molar-refractivity contribution in [2.45, 2.75) is 72.4 Å². The highest BCUT2D eigenvalue weighted by molar-refractivity contribution is 5.22. The van der Waals surface area contributed by atoms with Crippen LogP contribution < -0.4 is 5.32 Å². The molecular formula is C14H27N. The zero-order valence-corrected chi connectivity index (χ0v) is 11.5. The summed E-state index contributed by atoms with van der Waals surface area (Å²) >= 11 is 0. The molecule has 0 amide bonds. The first kappa shape index (κ1) is 12.8. The number of allylic oxidation sites excluding steroid dienone is 1. The molecule has 0 radical (unpaired) electrons. The summed E-state index contributed by atoms with van der Waals surface area (Å²) in [7, 11) is 0. The topological polar surface area (TPSA) is 12.0 Å². The highest BCUT2D eigenvalue weighted by atomic mass is 15.0. The molecule has 0 aromatic carbocycles. The zero-order chi connectivity index (χ0) is 11.9. The van der Waals surface area contributed by atoms with Crippen LogP contribution in [0.25, 0.3) is 0 Å². The van der Waals surface area contributed by atoms with Crippen molar-refractivity contribution in [2.75, 3.05) is 0 Å². The van der Waals surface area contributed by atoms with Crippen molar-refractivity contribution < 1.29 is 0 Å². The Kier molecular flexibility index (Phi) is 3.35. The van der Waals surface area contributed by atoms with E-state index in [0.717, 1.165) is 0 Å². The molecule has 0 atom stereocenters. The van der Waals surface area contributed by atoms with E-state index in [2.05, 4.69) is 53.8 Å². The number of piperidine rings is 1. The van der Waals surface area contributed by atoms with E-state index in [1.807, 2.05) is 0 Å². The Morgan fingerprint density at radius 1 is 1.07 bits per heavy atom. The van der Waals surface area contributed by atoms with Gasteiger partial charge in [-0.2, -0.15) is 0 Å². The average molecular weight is 209 g/mol. The third kappa shape index (κ3) is 3.34. The van der Waals surface area contributed by atoms with Gasteiger partial charge in [0.15, 0.2) is 0 Å². The third-order valence-corrected chi connectivity index (χ3v) is 3.41. The summed E-state index contributed by atoms with van der Waals surface area (Å²) in [6.07, 6.45) is 2.39. The molecule has 1 fully saturated rings. The maximum atomic E-state index is 3.72. The highest BCUT2D eigenvalue weighted by Crippen LogP contribution is 2.35. The van der Waals surface area contributed by atoms with Crippen LogP contribution in [0.3, 0.4) is 0 Å². The van der Waals surface area contributed by atoms with Gasteiger partial charge in [0, 0.05) is 11.1 Å². The van der Waals surface area contributed by atoms with Crippen LogP contribution in [0.5, 0.6) is 0 Å². The van der Waals surface area contributed by atoms with Crippen molar-refractivity contribution in [3.8, 4) is 0 Å². The molecule has 1 heterocycles. The number of hydrogen-bond acceptors (Lipinski definition) is 1. The van der Waals surface area contributed by atoms with Crippen molar-refractivity contribution in [3.63, 3.8) is 0 Å². The Morgan fingerprint density at radius 3 is 1.80 bits per heavy atom. The van der Waals surface area contributed by atoms with E-state index >= 15 is 0 Å². The summed E-state index contributed by atoms with van der Waals surface area (Å²) in [4.78, 5) is 0. The van der Waals surface area contributed by atoms with E-state index in [4.69, 9.17) is 0 Å². The molecule has 0 saturated carbocycles. The monoisotopic (exact) mass is 209 g/mol. The van der Waals surface area contributed by atoms with E-state index in [-0.39, 0.29) is 11.1 Å². The molecule has 1 N–H and O–H groups in total. The smallest absolute Gasteiger partial charge is 0.0167 e. The second kappa shape index (κ2) is 3.93. The molecule has 0 bridgehead atoms. The van der Waals surface area contributed by atoms with Gasteiger partial charge in [0.1, 0.15) is 0 Å². The second-order valence-corrected chi connectivity index (χ2v) is 6.69. The predicted octanol–water partition coefficient (Wildman–Crippen LogP) is 3.90. The van der Waals surface area contributed by atoms with Gasteiger partial charge in [-0.15, -0.1) is 0 Å². The van der Waals surface area contributed by atoms with Crippen LogP contribution in [0.15, 0.2) is 11.1 Å². The predicted molar refractivity (Wildman–Crippen MR) is 68.1 cm³/mol. The molecule has 0 aromatic heterocycles. The van der Waals surface area contributed by atoms with Gasteiger partial charge in [0.25, 0.3) is 0 Å². The standard InChI is InChI=1S/C14H27N/c1-10(2)11(3)12-8-13(4,5)15-14(6,7)9-12/h10,15H,8-9H2,1-7H3. The minimum Gasteiger partial charge on any atom is -0.306 e. The minimum atomic E-state index is 0.243. The van der Waals surface area contributed by atoms with Gasteiger partial charge < -0.3 is 5.32 Å². The summed E-state index contributed by atoms with van der Waals surface area (Å²) < 4.78 is 0. The zero-order valence-electron chi connectivity index (χ0n) is 11.5. The Hall–Kier alpha value is -0.300. The summed E-state index contributed by atoms with van der Waals surface area (Å²) in [6, 6.07) is 0. The van der Waals surface area contributed by atoms with Crippen LogP contribution in [0.4, 0.5) is 0 Å². The van der Waals surface area contributed by atoms with E-state index in [1.165, 1.54) is 12.8 Å². The van der Waals surface area contributed by atoms with Crippen LogP contribution in [-0.4, -0.2) is 11.1 Å². The van der Waals surface area contributed by atoms with Gasteiger partial charge in [-0.25, -0.2) is 0 Å². The van der Waals surface area contributed by atoms with Crippen LogP contribution >= 0.6 is 0 Å². The Labute approximate surface area is 95.3 Å². The molecule has 88 valence electrons. The molecule has 1 saturated heterocycles. The van der Waals surface area contributed by atoms with Crippen molar-refractivity contribution >= 4 is 0 Å². The summed E-state index contributed by atoms with van der Waals surface area (Å²) in [5.74, 6) is 0.685. The van der Waals surface area contributed by atoms with Crippen LogP contribution in [0.2, 0.25) is 0 Å². The fourth-order valence-corrected chi connectivity index (χ4v) is 2.82. The molecule has 1 heteroatoms. The lowest BCUT2D eigenvalue weighted by atomic mass is 9.76. The fraction of sp³-hybridized carbons (Fsp3) is 0.857. The maximum Gasteiger partial charge on any atom is 0.0167 e. The molecule has 0 unspecified atom stereocenters. The van der Waals surface area contributed by atoms with E-state index < -0.39 is 0 Å². The Balaban J connectivity index is 2.98. The third-order valence-electron chi connectivity index (χ3n) is 3.41. The van der Waals surface area contributed by atoms with Crippen LogP contribution in [0.1, 0.15) is 61.3 Å². The summed E-state index contributed by atoms with van der Waals surface area (Å²) in [6.45, 7) is 16.1. The Bertz CT molecular complexity index is 251. The van der Waals surface area contributed by atoms with Crippen molar-refractivity contribution in [1.82, 2.24) is 5.32 Å². The number of rotatable bonds is 1. The van der Waals surface area contributed by atoms with Crippen molar-refractivity contribution in [3.05, 3.63) is 11.1 Å². The molecular weight excluding hydrogens is 182 g/mol. The number of nitrogens with one attached hydrogen (secondary N) is 1. The van der Waals surface area contributed by atoms with Gasteiger partial charge >= 0.3 is 0 Å². The first-order chi connectivity index (χ1) is 6.63. The molecule has 1 aliphatic rings. The average Bonchev–Trinajstić information content (AvgIpc) is 1.96. The van der Waals surface area contributed by atoms with E-state index in [0.29, 0.717) is 5.92 Å². The molecule has 0 spiro atoms. The Morgan fingerprint density at radius 2 is 1.47 bits per heavy atom. The molecule has 1 aliphatic heterocycles. The van der Waals surface area contributed by atoms with E-state index in [1.54, 1.807) is 11.1 Å². The largest absolute Gasteiger partial charge is 0.306 e. The SMILES string of the molecule is CC(=C1CC(C)(C)NC(C)(C)C1)C(C)C.